The van der Waals surface area contributed by atoms with Crippen molar-refractivity contribution in [2.75, 3.05) is 31.6 Å². The maximum Gasteiger partial charge on any atom is 0.298 e. The van der Waals surface area contributed by atoms with Crippen molar-refractivity contribution in [3.63, 3.8) is 0 Å². The third-order valence-corrected chi connectivity index (χ3v) is 3.88. The number of carbonyl (C=O) groups excluding carboxylic acids is 1. The highest BCUT2D eigenvalue weighted by molar-refractivity contribution is 6.32. The molecule has 2 aromatic rings. The van der Waals surface area contributed by atoms with Gasteiger partial charge in [0.05, 0.1) is 5.56 Å². The van der Waals surface area contributed by atoms with Crippen LogP contribution in [0.1, 0.15) is 17.3 Å². The zero-order valence-corrected chi connectivity index (χ0v) is 12.7. The number of amides is 1. The van der Waals surface area contributed by atoms with Crippen molar-refractivity contribution < 1.29 is 9.21 Å². The Labute approximate surface area is 127 Å². The first kappa shape index (κ1) is 14.2. The second-order valence-electron chi connectivity index (χ2n) is 5.12. The van der Waals surface area contributed by atoms with Gasteiger partial charge < -0.3 is 20.0 Å². The lowest BCUT2D eigenvalue weighted by molar-refractivity contribution is 0.0964. The van der Waals surface area contributed by atoms with Crippen LogP contribution in [0.5, 0.6) is 0 Å². The zero-order valence-electron chi connectivity index (χ0n) is 11.9. The Morgan fingerprint density at radius 1 is 1.57 bits per heavy atom. The van der Waals surface area contributed by atoms with Crippen molar-refractivity contribution >= 4 is 34.6 Å². The van der Waals surface area contributed by atoms with Crippen molar-refractivity contribution in [2.24, 2.45) is 0 Å². The summed E-state index contributed by atoms with van der Waals surface area (Å²) in [6, 6.07) is 4.12. The number of hydrogen-bond donors (Lipinski definition) is 2. The van der Waals surface area contributed by atoms with Crippen molar-refractivity contribution in [2.45, 2.75) is 13.0 Å². The average molecular weight is 309 g/mol. The van der Waals surface area contributed by atoms with Gasteiger partial charge in [-0.05, 0) is 19.1 Å². The van der Waals surface area contributed by atoms with Crippen LogP contribution in [0.15, 0.2) is 16.5 Å². The molecule has 0 unspecified atom stereocenters. The largest absolute Gasteiger partial charge is 0.423 e. The summed E-state index contributed by atoms with van der Waals surface area (Å²) in [6.45, 7) is 4.68. The van der Waals surface area contributed by atoms with E-state index < -0.39 is 0 Å². The highest BCUT2D eigenvalue weighted by Crippen LogP contribution is 2.29. The van der Waals surface area contributed by atoms with Crippen LogP contribution < -0.4 is 15.5 Å². The van der Waals surface area contributed by atoms with Crippen LogP contribution in [0, 0.1) is 0 Å². The molecule has 6 nitrogen and oxygen atoms in total. The molecule has 1 amide bonds. The number of nitrogens with one attached hydrogen (secondary N) is 2. The van der Waals surface area contributed by atoms with Gasteiger partial charge in [0.1, 0.15) is 5.52 Å². The number of benzene rings is 1. The predicted molar refractivity (Wildman–Crippen MR) is 82.1 cm³/mol. The number of rotatable bonds is 2. The first-order valence-corrected chi connectivity index (χ1v) is 7.27. The Balaban J connectivity index is 2.08. The van der Waals surface area contributed by atoms with Gasteiger partial charge in [-0.15, -0.1) is 0 Å². The Bertz CT molecular complexity index is 685. The number of aromatic nitrogens is 1. The highest BCUT2D eigenvalue weighted by Gasteiger charge is 2.24. The summed E-state index contributed by atoms with van der Waals surface area (Å²) in [4.78, 5) is 18.5. The molecule has 1 aromatic heterocycles. The quantitative estimate of drug-likeness (QED) is 0.882. The minimum Gasteiger partial charge on any atom is -0.423 e. The summed E-state index contributed by atoms with van der Waals surface area (Å²) in [5, 5.41) is 6.38. The lowest BCUT2D eigenvalue weighted by Crippen LogP contribution is -2.50. The Kier molecular flexibility index (Phi) is 3.73. The fourth-order valence-corrected chi connectivity index (χ4v) is 2.75. The van der Waals surface area contributed by atoms with Crippen molar-refractivity contribution in [3.05, 3.63) is 22.7 Å². The molecule has 1 aliphatic rings. The third-order valence-electron chi connectivity index (χ3n) is 3.66. The first-order valence-electron chi connectivity index (χ1n) is 6.89. The third kappa shape index (κ3) is 2.56. The first-order chi connectivity index (χ1) is 10.1. The standard InChI is InChI=1S/C14H17ClN4O2/c1-8-7-17-3-4-19(8)14-18-11-6-9(15)5-10(12(11)21-14)13(20)16-2/h5-6,8,17H,3-4,7H2,1-2H3,(H,16,20)/t8-/m0/s1. The molecule has 2 heterocycles. The van der Waals surface area contributed by atoms with E-state index in [1.165, 1.54) is 0 Å². The van der Waals surface area contributed by atoms with E-state index in [0.717, 1.165) is 19.6 Å². The van der Waals surface area contributed by atoms with E-state index in [2.05, 4.69) is 27.4 Å². The molecule has 112 valence electrons. The topological polar surface area (TPSA) is 70.4 Å². The second-order valence-corrected chi connectivity index (χ2v) is 5.56. The molecule has 3 rings (SSSR count). The summed E-state index contributed by atoms with van der Waals surface area (Å²) in [5.41, 5.74) is 1.47. The van der Waals surface area contributed by atoms with Crippen molar-refractivity contribution in [1.29, 1.82) is 0 Å². The molecule has 7 heteroatoms. The molecule has 1 saturated heterocycles. The van der Waals surface area contributed by atoms with Crippen LogP contribution in [0.4, 0.5) is 6.01 Å². The van der Waals surface area contributed by atoms with Gasteiger partial charge in [-0.1, -0.05) is 11.6 Å². The molecule has 0 saturated carbocycles. The van der Waals surface area contributed by atoms with Gasteiger partial charge >= 0.3 is 0 Å². The normalized spacial score (nSPS) is 19.0. The van der Waals surface area contributed by atoms with E-state index in [1.54, 1.807) is 19.2 Å². The number of hydrogen-bond acceptors (Lipinski definition) is 5. The number of oxazole rings is 1. The highest BCUT2D eigenvalue weighted by atomic mass is 35.5. The maximum absolute atomic E-state index is 11.9. The number of fused-ring (bicyclic) bond motifs is 1. The van der Waals surface area contributed by atoms with Crippen LogP contribution in [-0.2, 0) is 0 Å². The SMILES string of the molecule is CNC(=O)c1cc(Cl)cc2nc(N3CCNC[C@@H]3C)oc12. The smallest absolute Gasteiger partial charge is 0.298 e. The van der Waals surface area contributed by atoms with Crippen molar-refractivity contribution in [3.8, 4) is 0 Å². The molecule has 21 heavy (non-hydrogen) atoms. The average Bonchev–Trinajstić information content (AvgIpc) is 2.89. The van der Waals surface area contributed by atoms with Crippen LogP contribution in [0.2, 0.25) is 5.02 Å². The van der Waals surface area contributed by atoms with E-state index in [1.807, 2.05) is 0 Å². The molecule has 1 aromatic carbocycles. The summed E-state index contributed by atoms with van der Waals surface area (Å²) in [5.74, 6) is -0.237. The van der Waals surface area contributed by atoms with Gasteiger partial charge in [0.2, 0.25) is 0 Å². The molecular weight excluding hydrogens is 292 g/mol. The van der Waals surface area contributed by atoms with Gasteiger partial charge in [-0.3, -0.25) is 4.79 Å². The molecule has 0 radical (unpaired) electrons. The van der Waals surface area contributed by atoms with Crippen LogP contribution in [-0.4, -0.2) is 43.6 Å². The molecular formula is C14H17ClN4O2. The number of nitrogens with zero attached hydrogens (tertiary/aromatic N) is 2. The van der Waals surface area contributed by atoms with E-state index in [9.17, 15) is 4.79 Å². The lowest BCUT2D eigenvalue weighted by Gasteiger charge is -2.32. The van der Waals surface area contributed by atoms with E-state index in [-0.39, 0.29) is 11.9 Å². The number of anilines is 1. The van der Waals surface area contributed by atoms with Crippen LogP contribution in [0.3, 0.4) is 0 Å². The van der Waals surface area contributed by atoms with Crippen LogP contribution in [0.25, 0.3) is 11.1 Å². The van der Waals surface area contributed by atoms with E-state index in [0.29, 0.717) is 27.7 Å². The van der Waals surface area contributed by atoms with Gasteiger partial charge in [0.15, 0.2) is 5.58 Å². The van der Waals surface area contributed by atoms with E-state index >= 15 is 0 Å². The summed E-state index contributed by atoms with van der Waals surface area (Å²) >= 11 is 6.06. The van der Waals surface area contributed by atoms with Crippen LogP contribution >= 0.6 is 11.6 Å². The molecule has 1 aliphatic heterocycles. The van der Waals surface area contributed by atoms with Gasteiger partial charge in [-0.2, -0.15) is 4.98 Å². The maximum atomic E-state index is 11.9. The van der Waals surface area contributed by atoms with E-state index in [4.69, 9.17) is 16.0 Å². The molecule has 1 fully saturated rings. The molecule has 0 spiro atoms. The van der Waals surface area contributed by atoms with Gasteiger partial charge in [0, 0.05) is 37.7 Å². The predicted octanol–water partition coefficient (Wildman–Crippen LogP) is 1.64. The summed E-state index contributed by atoms with van der Waals surface area (Å²) < 4.78 is 5.85. The fraction of sp³-hybridized carbons (Fsp3) is 0.429. The molecule has 0 bridgehead atoms. The Morgan fingerprint density at radius 3 is 3.10 bits per heavy atom. The Hall–Kier alpha value is -1.79. The molecule has 0 aliphatic carbocycles. The van der Waals surface area contributed by atoms with Gasteiger partial charge in [0.25, 0.3) is 11.9 Å². The van der Waals surface area contributed by atoms with Gasteiger partial charge in [-0.25, -0.2) is 0 Å². The number of halogens is 1. The second kappa shape index (κ2) is 5.54. The monoisotopic (exact) mass is 308 g/mol. The number of piperazine rings is 1. The molecule has 1 atom stereocenters. The molecule has 2 N–H and O–H groups in total. The zero-order chi connectivity index (χ0) is 15.0. The Morgan fingerprint density at radius 2 is 2.38 bits per heavy atom. The minimum atomic E-state index is -0.237. The summed E-state index contributed by atoms with van der Waals surface area (Å²) in [7, 11) is 1.57. The summed E-state index contributed by atoms with van der Waals surface area (Å²) in [6.07, 6.45) is 0. The van der Waals surface area contributed by atoms with Crippen molar-refractivity contribution in [1.82, 2.24) is 15.6 Å². The fourth-order valence-electron chi connectivity index (χ4n) is 2.54. The minimum absolute atomic E-state index is 0.237. The number of carbonyl (C=O) groups is 1. The lowest BCUT2D eigenvalue weighted by atomic mass is 10.2.